The van der Waals surface area contributed by atoms with E-state index in [0.29, 0.717) is 4.52 Å². The topological polar surface area (TPSA) is 152 Å². The van der Waals surface area contributed by atoms with Crippen molar-refractivity contribution in [1.82, 2.24) is 24.3 Å². The van der Waals surface area contributed by atoms with Crippen molar-refractivity contribution in [3.05, 3.63) is 31.6 Å². The van der Waals surface area contributed by atoms with Crippen molar-refractivity contribution >= 4 is 11.7 Å². The molecule has 11 nitrogen and oxygen atoms in total. The van der Waals surface area contributed by atoms with Gasteiger partial charge in [-0.1, -0.05) is 4.52 Å². The van der Waals surface area contributed by atoms with Gasteiger partial charge in [-0.25, -0.2) is 9.52 Å². The third-order valence-corrected chi connectivity index (χ3v) is 1.68. The Hall–Kier alpha value is -2.56. The predicted molar refractivity (Wildman–Crippen MR) is 46.4 cm³/mol. The van der Waals surface area contributed by atoms with Crippen molar-refractivity contribution in [3.8, 4) is 0 Å². The predicted octanol–water partition coefficient (Wildman–Crippen LogP) is -1.97. The summed E-state index contributed by atoms with van der Waals surface area (Å²) in [5, 5.41) is 33.5. The van der Waals surface area contributed by atoms with Crippen LogP contribution in [0.5, 0.6) is 0 Å². The lowest BCUT2D eigenvalue weighted by Gasteiger charge is -2.00. The van der Waals surface area contributed by atoms with Crippen LogP contribution < -0.4 is 5.69 Å². The van der Waals surface area contributed by atoms with Crippen LogP contribution in [0.25, 0.3) is 5.78 Å². The Labute approximate surface area is 85.3 Å². The van der Waals surface area contributed by atoms with Crippen molar-refractivity contribution in [1.29, 1.82) is 0 Å². The average Bonchev–Trinajstić information content (AvgIpc) is 2.57. The molecule has 0 fully saturated rings. The lowest BCUT2D eigenvalue weighted by Crippen LogP contribution is -2.21. The molecule has 2 rings (SSSR count). The van der Waals surface area contributed by atoms with Crippen LogP contribution in [0.3, 0.4) is 0 Å². The highest BCUT2D eigenvalue weighted by molar-refractivity contribution is 5.34. The number of rotatable bonds is 2. The third kappa shape index (κ3) is 1.26. The second kappa shape index (κ2) is 3.23. The van der Waals surface area contributed by atoms with E-state index in [1.54, 1.807) is 0 Å². The van der Waals surface area contributed by atoms with Crippen molar-refractivity contribution < 1.29 is 10.0 Å². The summed E-state index contributed by atoms with van der Waals surface area (Å²) in [6, 6.07) is 0. The Balaban J connectivity index is 2.87. The van der Waals surface area contributed by atoms with Gasteiger partial charge in [0.15, 0.2) is 5.82 Å². The molecule has 2 aromatic rings. The molecule has 16 heavy (non-hydrogen) atoms. The Morgan fingerprint density at radius 1 is 1.44 bits per heavy atom. The maximum Gasteiger partial charge on any atom is 0.459 e. The average molecular weight is 227 g/mol. The second-order valence-corrected chi connectivity index (χ2v) is 2.64. The third-order valence-electron chi connectivity index (χ3n) is 1.68. The Bertz CT molecular complexity index is 628. The zero-order valence-electron chi connectivity index (χ0n) is 7.47. The fraction of sp³-hybridized carbons (Fsp3) is 0.200. The summed E-state index contributed by atoms with van der Waals surface area (Å²) < 4.78 is 0.173. The molecular weight excluding hydrogens is 224 g/mol. The maximum absolute atomic E-state index is 11.3. The van der Waals surface area contributed by atoms with E-state index in [2.05, 4.69) is 15.1 Å². The highest BCUT2D eigenvalue weighted by atomic mass is 16.6. The summed E-state index contributed by atoms with van der Waals surface area (Å²) in [7, 11) is 0. The summed E-state index contributed by atoms with van der Waals surface area (Å²) in [6.45, 7) is -0.662. The first-order valence-corrected chi connectivity index (χ1v) is 3.86. The van der Waals surface area contributed by atoms with E-state index in [9.17, 15) is 20.1 Å². The number of nitro groups is 1. The van der Waals surface area contributed by atoms with Gasteiger partial charge in [-0.2, -0.15) is 9.97 Å². The molecule has 0 saturated heterocycles. The van der Waals surface area contributed by atoms with Gasteiger partial charge in [-0.15, -0.1) is 0 Å². The molecule has 0 atom stereocenters. The van der Waals surface area contributed by atoms with Gasteiger partial charge in [0, 0.05) is 5.10 Å². The Morgan fingerprint density at radius 2 is 2.12 bits per heavy atom. The van der Waals surface area contributed by atoms with Crippen LogP contribution in [0, 0.1) is 15.3 Å². The van der Waals surface area contributed by atoms with Gasteiger partial charge in [0.1, 0.15) is 6.61 Å². The highest BCUT2D eigenvalue weighted by Gasteiger charge is 2.20. The van der Waals surface area contributed by atoms with Crippen LogP contribution in [0.4, 0.5) is 5.95 Å². The van der Waals surface area contributed by atoms with E-state index in [1.807, 2.05) is 0 Å². The molecule has 0 saturated carbocycles. The fourth-order valence-electron chi connectivity index (χ4n) is 1.05. The van der Waals surface area contributed by atoms with E-state index in [0.717, 1.165) is 0 Å². The molecule has 0 spiro atoms. The first-order valence-electron chi connectivity index (χ1n) is 3.86. The molecule has 0 bridgehead atoms. The molecule has 11 heteroatoms. The highest BCUT2D eigenvalue weighted by Crippen LogP contribution is 2.08. The lowest BCUT2D eigenvalue weighted by molar-refractivity contribution is -0.395. The number of aliphatic hydroxyl groups is 1. The molecule has 84 valence electrons. The van der Waals surface area contributed by atoms with Gasteiger partial charge in [-0.3, -0.25) is 0 Å². The van der Waals surface area contributed by atoms with Gasteiger partial charge < -0.3 is 20.4 Å². The molecule has 2 aromatic heterocycles. The monoisotopic (exact) mass is 227 g/mol. The normalized spacial score (nSPS) is 10.8. The van der Waals surface area contributed by atoms with Gasteiger partial charge in [0.25, 0.3) is 0 Å². The van der Waals surface area contributed by atoms with Crippen LogP contribution in [-0.4, -0.2) is 34.3 Å². The van der Waals surface area contributed by atoms with Crippen molar-refractivity contribution in [2.45, 2.75) is 6.61 Å². The van der Waals surface area contributed by atoms with Crippen LogP contribution >= 0.6 is 0 Å². The fourth-order valence-corrected chi connectivity index (χ4v) is 1.05. The zero-order chi connectivity index (χ0) is 11.9. The SMILES string of the molecule is O=c1nc(CO)nc2n([O-])c([N+](=O)[O-])nn12. The Morgan fingerprint density at radius 3 is 2.69 bits per heavy atom. The van der Waals surface area contributed by atoms with E-state index in [4.69, 9.17) is 5.11 Å². The summed E-state index contributed by atoms with van der Waals surface area (Å²) in [5.74, 6) is -1.99. The minimum absolute atomic E-state index is 0.220. The second-order valence-electron chi connectivity index (χ2n) is 2.64. The van der Waals surface area contributed by atoms with Gasteiger partial charge in [-0.05, 0) is 4.92 Å². The van der Waals surface area contributed by atoms with Gasteiger partial charge in [0.05, 0.1) is 0 Å². The molecule has 2 heterocycles. The minimum atomic E-state index is -1.08. The number of nitrogens with zero attached hydrogens (tertiary/aromatic N) is 6. The van der Waals surface area contributed by atoms with Crippen LogP contribution in [0.15, 0.2) is 4.79 Å². The summed E-state index contributed by atoms with van der Waals surface area (Å²) in [6.07, 6.45) is 0. The largest absolute Gasteiger partial charge is 0.737 e. The summed E-state index contributed by atoms with van der Waals surface area (Å²) in [5.41, 5.74) is -1.02. The molecule has 0 amide bonds. The van der Waals surface area contributed by atoms with E-state index >= 15 is 0 Å². The zero-order valence-corrected chi connectivity index (χ0v) is 7.47. The number of aliphatic hydroxyl groups excluding tert-OH is 1. The first kappa shape index (κ1) is 9.97. The maximum atomic E-state index is 11.3. The number of aromatic nitrogens is 5. The molecule has 0 aliphatic heterocycles. The van der Waals surface area contributed by atoms with E-state index in [-0.39, 0.29) is 10.6 Å². The molecule has 0 unspecified atom stereocenters. The van der Waals surface area contributed by atoms with Crippen LogP contribution in [0.2, 0.25) is 0 Å². The minimum Gasteiger partial charge on any atom is -0.737 e. The summed E-state index contributed by atoms with van der Waals surface area (Å²) in [4.78, 5) is 27.2. The van der Waals surface area contributed by atoms with Crippen LogP contribution in [-0.2, 0) is 6.61 Å². The molecule has 0 aromatic carbocycles. The molecule has 0 aliphatic rings. The number of hydrogen-bond donors (Lipinski definition) is 1. The quantitative estimate of drug-likeness (QED) is 0.458. The smallest absolute Gasteiger partial charge is 0.459 e. The van der Waals surface area contributed by atoms with Crippen molar-refractivity contribution in [3.63, 3.8) is 0 Å². The molecular formula is C5H3N6O5-. The number of fused-ring (bicyclic) bond motifs is 1. The van der Waals surface area contributed by atoms with E-state index < -0.39 is 28.9 Å². The summed E-state index contributed by atoms with van der Waals surface area (Å²) >= 11 is 0. The van der Waals surface area contributed by atoms with Gasteiger partial charge >= 0.3 is 17.4 Å². The Kier molecular flexibility index (Phi) is 2.02. The van der Waals surface area contributed by atoms with E-state index in [1.165, 1.54) is 0 Å². The number of hydrogen-bond acceptors (Lipinski definition) is 8. The van der Waals surface area contributed by atoms with Crippen molar-refractivity contribution in [2.24, 2.45) is 0 Å². The standard InChI is InChI=1S/C5H3N6O5/c12-1-2-6-3-9(5(13)7-2)8-4(10(3)14)11(15)16/h12H,1H2/q-1. The molecule has 1 N–H and O–H groups in total. The lowest BCUT2D eigenvalue weighted by atomic mass is 10.6. The molecule has 0 aliphatic carbocycles. The molecule has 0 radical (unpaired) electrons. The van der Waals surface area contributed by atoms with Crippen LogP contribution in [0.1, 0.15) is 5.82 Å². The van der Waals surface area contributed by atoms with Crippen molar-refractivity contribution in [2.75, 3.05) is 0 Å². The first-order chi connectivity index (χ1) is 7.54. The van der Waals surface area contributed by atoms with Gasteiger partial charge in [0.2, 0.25) is 0 Å².